The Morgan fingerprint density at radius 2 is 2.16 bits per heavy atom. The molecule has 8 heteroatoms. The summed E-state index contributed by atoms with van der Waals surface area (Å²) >= 11 is 0. The van der Waals surface area contributed by atoms with Gasteiger partial charge in [-0.3, -0.25) is 4.79 Å². The highest BCUT2D eigenvalue weighted by molar-refractivity contribution is 5.93. The van der Waals surface area contributed by atoms with Crippen molar-refractivity contribution in [2.75, 3.05) is 20.2 Å². The van der Waals surface area contributed by atoms with Gasteiger partial charge in [-0.05, 0) is 49.2 Å². The van der Waals surface area contributed by atoms with Gasteiger partial charge in [-0.1, -0.05) is 0 Å². The molecule has 31 heavy (non-hydrogen) atoms. The lowest BCUT2D eigenvalue weighted by Gasteiger charge is -2.31. The van der Waals surface area contributed by atoms with Crippen LogP contribution < -0.4 is 4.74 Å². The lowest BCUT2D eigenvalue weighted by atomic mass is 9.97. The normalized spacial score (nSPS) is 16.6. The zero-order valence-corrected chi connectivity index (χ0v) is 17.0. The molecule has 1 aromatic carbocycles. The molecule has 5 rings (SSSR count). The summed E-state index contributed by atoms with van der Waals surface area (Å²) in [6, 6.07) is 9.83. The van der Waals surface area contributed by atoms with Crippen LogP contribution in [0.1, 0.15) is 34.9 Å². The summed E-state index contributed by atoms with van der Waals surface area (Å²) in [6.45, 7) is 1.27. The van der Waals surface area contributed by atoms with Crippen LogP contribution in [0.4, 0.5) is 4.39 Å². The smallest absolute Gasteiger partial charge is 0.257 e. The predicted molar refractivity (Wildman–Crippen MR) is 112 cm³/mol. The van der Waals surface area contributed by atoms with E-state index in [2.05, 4.69) is 10.1 Å². The van der Waals surface area contributed by atoms with Crippen molar-refractivity contribution >= 4 is 11.6 Å². The van der Waals surface area contributed by atoms with Crippen LogP contribution in [0.2, 0.25) is 0 Å². The first-order valence-electron chi connectivity index (χ1n) is 10.1. The quantitative estimate of drug-likeness (QED) is 0.496. The van der Waals surface area contributed by atoms with Gasteiger partial charge in [0, 0.05) is 36.3 Å². The Morgan fingerprint density at radius 3 is 2.97 bits per heavy atom. The molecule has 1 fully saturated rings. The summed E-state index contributed by atoms with van der Waals surface area (Å²) in [5, 5.41) is 4.67. The van der Waals surface area contributed by atoms with Crippen molar-refractivity contribution in [1.82, 2.24) is 19.5 Å². The number of aromatic nitrogens is 3. The Morgan fingerprint density at radius 1 is 1.26 bits per heavy atom. The van der Waals surface area contributed by atoms with Crippen LogP contribution in [-0.4, -0.2) is 45.6 Å². The van der Waals surface area contributed by atoms with Crippen molar-refractivity contribution in [3.63, 3.8) is 0 Å². The number of methoxy groups -OCH3 is 1. The van der Waals surface area contributed by atoms with Gasteiger partial charge in [-0.2, -0.15) is 5.10 Å². The summed E-state index contributed by atoms with van der Waals surface area (Å²) in [5.41, 5.74) is 2.68. The number of nitrogens with zero attached hydrogens (tertiary/aromatic N) is 4. The fraction of sp³-hybridized carbons (Fsp3) is 0.261. The number of hydrogen-bond acceptors (Lipinski definition) is 5. The largest absolute Gasteiger partial charge is 0.496 e. The van der Waals surface area contributed by atoms with Gasteiger partial charge in [0.25, 0.3) is 5.91 Å². The van der Waals surface area contributed by atoms with Crippen LogP contribution in [0.25, 0.3) is 16.8 Å². The van der Waals surface area contributed by atoms with Crippen LogP contribution in [0.15, 0.2) is 59.5 Å². The van der Waals surface area contributed by atoms with Gasteiger partial charge in [0.15, 0.2) is 11.5 Å². The summed E-state index contributed by atoms with van der Waals surface area (Å²) in [5.74, 6) is 0.967. The molecule has 0 saturated carbocycles. The van der Waals surface area contributed by atoms with E-state index >= 15 is 0 Å². The number of carbonyl (C=O) groups excluding carboxylic acids is 1. The second kappa shape index (κ2) is 7.86. The molecule has 1 amide bonds. The zero-order valence-electron chi connectivity index (χ0n) is 17.0. The van der Waals surface area contributed by atoms with Crippen molar-refractivity contribution in [2.45, 2.75) is 18.8 Å². The van der Waals surface area contributed by atoms with E-state index in [4.69, 9.17) is 9.15 Å². The summed E-state index contributed by atoms with van der Waals surface area (Å²) in [4.78, 5) is 19.2. The standard InChI is InChI=1S/C23H21FN4O3/c1-30-20-6-5-18(24)11-19(20)15-4-7-21-25-22(26-28(21)13-15)16-3-2-9-27(12-16)23(29)17-8-10-31-14-17/h4-8,10-11,13-14,16H,2-3,9,12H2,1H3/t16-/m1/s1. The number of halogens is 1. The third-order valence-electron chi connectivity index (χ3n) is 5.66. The lowest BCUT2D eigenvalue weighted by molar-refractivity contribution is 0.0704. The number of benzene rings is 1. The number of amides is 1. The highest BCUT2D eigenvalue weighted by Gasteiger charge is 2.28. The van der Waals surface area contributed by atoms with Gasteiger partial charge in [-0.15, -0.1) is 0 Å². The third-order valence-corrected chi connectivity index (χ3v) is 5.66. The Balaban J connectivity index is 1.43. The second-order valence-electron chi connectivity index (χ2n) is 7.64. The van der Waals surface area contributed by atoms with E-state index in [1.165, 1.54) is 24.7 Å². The first kappa shape index (κ1) is 19.3. The molecule has 3 aromatic heterocycles. The average Bonchev–Trinajstić information content (AvgIpc) is 3.48. The SMILES string of the molecule is COc1ccc(F)cc1-c1ccc2nc([C@@H]3CCCN(C(=O)c4ccoc4)C3)nn2c1. The Kier molecular flexibility index (Phi) is 4.89. The first-order valence-corrected chi connectivity index (χ1v) is 10.1. The molecule has 7 nitrogen and oxygen atoms in total. The van der Waals surface area contributed by atoms with Crippen molar-refractivity contribution < 1.29 is 18.3 Å². The lowest BCUT2D eigenvalue weighted by Crippen LogP contribution is -2.39. The van der Waals surface area contributed by atoms with E-state index in [0.29, 0.717) is 41.4 Å². The van der Waals surface area contributed by atoms with E-state index < -0.39 is 0 Å². The predicted octanol–water partition coefficient (Wildman–Crippen LogP) is 4.16. The van der Waals surface area contributed by atoms with Crippen molar-refractivity contribution in [2.24, 2.45) is 0 Å². The topological polar surface area (TPSA) is 72.9 Å². The van der Waals surface area contributed by atoms with Gasteiger partial charge >= 0.3 is 0 Å². The van der Waals surface area contributed by atoms with Gasteiger partial charge in [0.2, 0.25) is 0 Å². The minimum Gasteiger partial charge on any atom is -0.496 e. The van der Waals surface area contributed by atoms with Crippen molar-refractivity contribution in [3.05, 3.63) is 72.3 Å². The maximum absolute atomic E-state index is 13.8. The molecule has 0 N–H and O–H groups in total. The molecule has 1 aliphatic rings. The maximum atomic E-state index is 13.8. The third kappa shape index (κ3) is 3.65. The fourth-order valence-corrected chi connectivity index (χ4v) is 4.08. The average molecular weight is 420 g/mol. The molecular weight excluding hydrogens is 399 g/mol. The molecule has 0 unspecified atom stereocenters. The van der Waals surface area contributed by atoms with Crippen molar-refractivity contribution in [3.8, 4) is 16.9 Å². The Bertz CT molecular complexity index is 1240. The summed E-state index contributed by atoms with van der Waals surface area (Å²) in [7, 11) is 1.56. The highest BCUT2D eigenvalue weighted by atomic mass is 19.1. The van der Waals surface area contributed by atoms with Gasteiger partial charge in [0.1, 0.15) is 17.8 Å². The molecule has 1 saturated heterocycles. The molecule has 4 heterocycles. The van der Waals surface area contributed by atoms with Crippen LogP contribution in [0, 0.1) is 5.82 Å². The van der Waals surface area contributed by atoms with Gasteiger partial charge in [0.05, 0.1) is 18.9 Å². The first-order chi connectivity index (χ1) is 15.1. The van der Waals surface area contributed by atoms with Crippen LogP contribution >= 0.6 is 0 Å². The van der Waals surface area contributed by atoms with Crippen LogP contribution in [0.3, 0.4) is 0 Å². The number of furan rings is 1. The molecule has 4 aromatic rings. The molecule has 0 aliphatic carbocycles. The minimum absolute atomic E-state index is 0.0392. The van der Waals surface area contributed by atoms with E-state index in [0.717, 1.165) is 18.4 Å². The van der Waals surface area contributed by atoms with E-state index in [-0.39, 0.29) is 17.6 Å². The number of hydrogen-bond donors (Lipinski definition) is 0. The molecular formula is C23H21FN4O3. The number of ether oxygens (including phenoxy) is 1. The molecule has 1 atom stereocenters. The Labute approximate surface area is 178 Å². The summed E-state index contributed by atoms with van der Waals surface area (Å²) < 4.78 is 25.9. The molecule has 0 spiro atoms. The minimum atomic E-state index is -0.334. The molecule has 1 aliphatic heterocycles. The van der Waals surface area contributed by atoms with E-state index in [1.54, 1.807) is 23.8 Å². The van der Waals surface area contributed by atoms with Gasteiger partial charge in [-0.25, -0.2) is 13.9 Å². The fourth-order valence-electron chi connectivity index (χ4n) is 4.08. The second-order valence-corrected chi connectivity index (χ2v) is 7.64. The number of piperidine rings is 1. The monoisotopic (exact) mass is 420 g/mol. The molecule has 0 bridgehead atoms. The molecule has 158 valence electrons. The number of rotatable bonds is 4. The Hall–Kier alpha value is -3.68. The molecule has 0 radical (unpaired) electrons. The maximum Gasteiger partial charge on any atom is 0.257 e. The van der Waals surface area contributed by atoms with E-state index in [9.17, 15) is 9.18 Å². The number of pyridine rings is 1. The van der Waals surface area contributed by atoms with Crippen LogP contribution in [0.5, 0.6) is 5.75 Å². The highest BCUT2D eigenvalue weighted by Crippen LogP contribution is 2.31. The van der Waals surface area contributed by atoms with Gasteiger partial charge < -0.3 is 14.1 Å². The van der Waals surface area contributed by atoms with Crippen molar-refractivity contribution in [1.29, 1.82) is 0 Å². The number of carbonyl (C=O) groups is 1. The number of likely N-dealkylation sites (tertiary alicyclic amines) is 1. The zero-order chi connectivity index (χ0) is 21.4. The van der Waals surface area contributed by atoms with E-state index in [1.807, 2.05) is 23.2 Å². The summed E-state index contributed by atoms with van der Waals surface area (Å²) in [6.07, 6.45) is 6.59. The van der Waals surface area contributed by atoms with Crippen LogP contribution in [-0.2, 0) is 0 Å². The number of fused-ring (bicyclic) bond motifs is 1.